The zero-order valence-electron chi connectivity index (χ0n) is 10.3. The van der Waals surface area contributed by atoms with Crippen LogP contribution in [0.3, 0.4) is 0 Å². The number of nitriles is 1. The molecular formula is C13H14BrN3O2. The van der Waals surface area contributed by atoms with Crippen LogP contribution in [0, 0.1) is 11.3 Å². The first-order chi connectivity index (χ1) is 9.10. The first-order valence-corrected chi connectivity index (χ1v) is 6.78. The fourth-order valence-electron chi connectivity index (χ4n) is 2.20. The summed E-state index contributed by atoms with van der Waals surface area (Å²) in [6, 6.07) is 7.77. The van der Waals surface area contributed by atoms with Gasteiger partial charge < -0.3 is 10.0 Å². The largest absolute Gasteiger partial charge is 0.480 e. The minimum absolute atomic E-state index is 0.0808. The number of carbonyl (C=O) groups is 1. The van der Waals surface area contributed by atoms with Crippen LogP contribution >= 0.6 is 15.9 Å². The van der Waals surface area contributed by atoms with Crippen molar-refractivity contribution in [3.05, 3.63) is 28.2 Å². The number of benzene rings is 1. The highest BCUT2D eigenvalue weighted by Gasteiger charge is 2.20. The minimum atomic E-state index is -0.798. The van der Waals surface area contributed by atoms with Crippen LogP contribution in [0.5, 0.6) is 0 Å². The van der Waals surface area contributed by atoms with Gasteiger partial charge in [0.2, 0.25) is 0 Å². The minimum Gasteiger partial charge on any atom is -0.480 e. The average Bonchev–Trinajstić information content (AvgIpc) is 2.39. The fraction of sp³-hybridized carbons (Fsp3) is 0.385. The maximum Gasteiger partial charge on any atom is 0.317 e. The lowest BCUT2D eigenvalue weighted by Gasteiger charge is -2.35. The second kappa shape index (κ2) is 6.04. The molecule has 1 aromatic rings. The molecule has 0 radical (unpaired) electrons. The molecule has 1 aliphatic rings. The van der Waals surface area contributed by atoms with Crippen LogP contribution in [0.2, 0.25) is 0 Å². The molecule has 6 heteroatoms. The molecule has 0 spiro atoms. The van der Waals surface area contributed by atoms with Crippen molar-refractivity contribution in [1.29, 1.82) is 5.26 Å². The number of anilines is 1. The van der Waals surface area contributed by atoms with Crippen molar-refractivity contribution in [2.24, 2.45) is 0 Å². The third kappa shape index (κ3) is 3.46. The summed E-state index contributed by atoms with van der Waals surface area (Å²) in [5.74, 6) is -0.798. The fourth-order valence-corrected chi connectivity index (χ4v) is 2.55. The van der Waals surface area contributed by atoms with Crippen LogP contribution in [0.4, 0.5) is 5.69 Å². The summed E-state index contributed by atoms with van der Waals surface area (Å²) < 4.78 is 0.939. The maximum absolute atomic E-state index is 10.7. The summed E-state index contributed by atoms with van der Waals surface area (Å²) in [6.45, 7) is 2.95. The Morgan fingerprint density at radius 2 is 2.05 bits per heavy atom. The molecule has 0 aliphatic carbocycles. The Morgan fingerprint density at radius 3 is 2.63 bits per heavy atom. The van der Waals surface area contributed by atoms with Gasteiger partial charge in [-0.25, -0.2) is 0 Å². The normalized spacial score (nSPS) is 16.1. The summed E-state index contributed by atoms with van der Waals surface area (Å²) in [7, 11) is 0. The lowest BCUT2D eigenvalue weighted by Crippen LogP contribution is -2.48. The molecule has 1 N–H and O–H groups in total. The number of rotatable bonds is 3. The molecule has 0 aromatic heterocycles. The highest BCUT2D eigenvalue weighted by Crippen LogP contribution is 2.25. The SMILES string of the molecule is N#Cc1ccc(Br)cc1N1CCN(CC(=O)O)CC1. The lowest BCUT2D eigenvalue weighted by molar-refractivity contribution is -0.138. The number of carboxylic acids is 1. The Bertz CT molecular complexity index is 519. The summed E-state index contributed by atoms with van der Waals surface area (Å²) in [5, 5.41) is 17.9. The van der Waals surface area contributed by atoms with Crippen molar-refractivity contribution < 1.29 is 9.90 Å². The van der Waals surface area contributed by atoms with Crippen molar-refractivity contribution in [2.45, 2.75) is 0 Å². The highest BCUT2D eigenvalue weighted by atomic mass is 79.9. The Labute approximate surface area is 120 Å². The highest BCUT2D eigenvalue weighted by molar-refractivity contribution is 9.10. The zero-order chi connectivity index (χ0) is 13.8. The number of carboxylic acid groups (broad SMARTS) is 1. The number of hydrogen-bond donors (Lipinski definition) is 1. The van der Waals surface area contributed by atoms with Gasteiger partial charge in [-0.3, -0.25) is 9.69 Å². The molecule has 1 fully saturated rings. The maximum atomic E-state index is 10.7. The molecule has 0 unspecified atom stereocenters. The van der Waals surface area contributed by atoms with Crippen LogP contribution in [0.1, 0.15) is 5.56 Å². The van der Waals surface area contributed by atoms with E-state index in [2.05, 4.69) is 26.9 Å². The molecule has 0 atom stereocenters. The number of aliphatic carboxylic acids is 1. The summed E-state index contributed by atoms with van der Waals surface area (Å²) in [4.78, 5) is 14.7. The number of hydrogen-bond acceptors (Lipinski definition) is 4. The number of halogens is 1. The van der Waals surface area contributed by atoms with Gasteiger partial charge in [-0.2, -0.15) is 5.26 Å². The van der Waals surface area contributed by atoms with Crippen molar-refractivity contribution in [2.75, 3.05) is 37.6 Å². The molecule has 1 aromatic carbocycles. The first kappa shape index (κ1) is 13.8. The number of piperazine rings is 1. The monoisotopic (exact) mass is 323 g/mol. The van der Waals surface area contributed by atoms with Crippen LogP contribution in [0.15, 0.2) is 22.7 Å². The molecule has 0 bridgehead atoms. The Balaban J connectivity index is 2.07. The first-order valence-electron chi connectivity index (χ1n) is 5.99. The van der Waals surface area contributed by atoms with Gasteiger partial charge in [0.25, 0.3) is 0 Å². The predicted octanol–water partition coefficient (Wildman–Crippen LogP) is 1.53. The van der Waals surface area contributed by atoms with Crippen molar-refractivity contribution in [1.82, 2.24) is 4.90 Å². The Morgan fingerprint density at radius 1 is 1.37 bits per heavy atom. The molecule has 1 saturated heterocycles. The molecule has 0 amide bonds. The molecule has 100 valence electrons. The smallest absolute Gasteiger partial charge is 0.317 e. The van der Waals surface area contributed by atoms with Crippen molar-refractivity contribution in [3.63, 3.8) is 0 Å². The molecule has 0 saturated carbocycles. The van der Waals surface area contributed by atoms with E-state index < -0.39 is 5.97 Å². The van der Waals surface area contributed by atoms with Gasteiger partial charge in [0.15, 0.2) is 0 Å². The lowest BCUT2D eigenvalue weighted by atomic mass is 10.1. The quantitative estimate of drug-likeness (QED) is 0.913. The van der Waals surface area contributed by atoms with E-state index in [4.69, 9.17) is 10.4 Å². The third-order valence-electron chi connectivity index (χ3n) is 3.15. The van der Waals surface area contributed by atoms with Gasteiger partial charge in [0, 0.05) is 30.7 Å². The van der Waals surface area contributed by atoms with Crippen molar-refractivity contribution >= 4 is 27.6 Å². The molecule has 5 nitrogen and oxygen atoms in total. The summed E-state index contributed by atoms with van der Waals surface area (Å²) in [6.07, 6.45) is 0. The van der Waals surface area contributed by atoms with E-state index >= 15 is 0 Å². The van der Waals surface area contributed by atoms with Gasteiger partial charge in [-0.1, -0.05) is 15.9 Å². The van der Waals surface area contributed by atoms with Crippen LogP contribution < -0.4 is 4.90 Å². The predicted molar refractivity (Wildman–Crippen MR) is 75.1 cm³/mol. The van der Waals surface area contributed by atoms with Crippen molar-refractivity contribution in [3.8, 4) is 6.07 Å². The standard InChI is InChI=1S/C13H14BrN3O2/c14-11-2-1-10(8-15)12(7-11)17-5-3-16(4-6-17)9-13(18)19/h1-2,7H,3-6,9H2,(H,18,19). The van der Waals surface area contributed by atoms with Gasteiger partial charge >= 0.3 is 5.97 Å². The molecular weight excluding hydrogens is 310 g/mol. The third-order valence-corrected chi connectivity index (χ3v) is 3.65. The van der Waals surface area contributed by atoms with E-state index in [0.717, 1.165) is 23.2 Å². The number of nitrogens with zero attached hydrogens (tertiary/aromatic N) is 3. The zero-order valence-corrected chi connectivity index (χ0v) is 11.9. The van der Waals surface area contributed by atoms with Gasteiger partial charge in [-0.15, -0.1) is 0 Å². The topological polar surface area (TPSA) is 67.6 Å². The Kier molecular flexibility index (Phi) is 4.40. The van der Waals surface area contributed by atoms with Gasteiger partial charge in [0.1, 0.15) is 6.07 Å². The molecule has 2 rings (SSSR count). The van der Waals surface area contributed by atoms with E-state index in [0.29, 0.717) is 18.7 Å². The van der Waals surface area contributed by atoms with E-state index in [-0.39, 0.29) is 6.54 Å². The molecule has 19 heavy (non-hydrogen) atoms. The van der Waals surface area contributed by atoms with E-state index in [1.54, 1.807) is 6.07 Å². The average molecular weight is 324 g/mol. The van der Waals surface area contributed by atoms with E-state index in [9.17, 15) is 4.79 Å². The van der Waals surface area contributed by atoms with E-state index in [1.807, 2.05) is 17.0 Å². The molecule has 1 heterocycles. The van der Waals surface area contributed by atoms with Crippen LogP contribution in [-0.4, -0.2) is 48.7 Å². The summed E-state index contributed by atoms with van der Waals surface area (Å²) >= 11 is 3.41. The van der Waals surface area contributed by atoms with Crippen LogP contribution in [-0.2, 0) is 4.79 Å². The van der Waals surface area contributed by atoms with Crippen LogP contribution in [0.25, 0.3) is 0 Å². The van der Waals surface area contributed by atoms with E-state index in [1.165, 1.54) is 0 Å². The summed E-state index contributed by atoms with van der Waals surface area (Å²) in [5.41, 5.74) is 1.56. The van der Waals surface area contributed by atoms with Gasteiger partial charge in [-0.05, 0) is 18.2 Å². The second-order valence-electron chi connectivity index (χ2n) is 4.43. The Hall–Kier alpha value is -1.58. The van der Waals surface area contributed by atoms with Gasteiger partial charge in [0.05, 0.1) is 17.8 Å². The second-order valence-corrected chi connectivity index (χ2v) is 5.35. The molecule has 1 aliphatic heterocycles.